The highest BCUT2D eigenvalue weighted by Gasteiger charge is 2.31. The van der Waals surface area contributed by atoms with Crippen molar-refractivity contribution in [2.45, 2.75) is 59.2 Å². The number of thiophene rings is 1. The molecule has 0 aromatic carbocycles. The Morgan fingerprint density at radius 1 is 1.29 bits per heavy atom. The number of nitrogens with zero attached hydrogens (tertiary/aromatic N) is 3. The molecule has 0 amide bonds. The van der Waals surface area contributed by atoms with Gasteiger partial charge in [-0.3, -0.25) is 0 Å². The largest absolute Gasteiger partial charge is 0.396 e. The summed E-state index contributed by atoms with van der Waals surface area (Å²) in [6.45, 7) is 10.2. The van der Waals surface area contributed by atoms with Gasteiger partial charge in [-0.2, -0.15) is 0 Å². The topological polar surface area (TPSA) is 80.2 Å². The van der Waals surface area contributed by atoms with Crippen molar-refractivity contribution in [3.63, 3.8) is 0 Å². The standard InChI is InChI=1S/C21H28N4O2S/c1-12(2)8-15-14-10-27-21(3,4)9-13(14)16-17-18(28-20(16)25-15)19(24-11-23-17)22-6-5-7-26/h11-12,26H,5-10H2,1-4H3,(H,22,23,24). The summed E-state index contributed by atoms with van der Waals surface area (Å²) in [5.41, 5.74) is 4.51. The highest BCUT2D eigenvalue weighted by molar-refractivity contribution is 7.26. The van der Waals surface area contributed by atoms with E-state index in [0.717, 1.165) is 44.8 Å². The second kappa shape index (κ2) is 7.54. The van der Waals surface area contributed by atoms with Gasteiger partial charge in [0.05, 0.1) is 22.4 Å². The molecule has 0 bridgehead atoms. The molecule has 28 heavy (non-hydrogen) atoms. The third kappa shape index (κ3) is 3.58. The van der Waals surface area contributed by atoms with E-state index in [1.165, 1.54) is 11.1 Å². The Bertz CT molecular complexity index is 1010. The first kappa shape index (κ1) is 19.5. The van der Waals surface area contributed by atoms with Crippen LogP contribution in [0.5, 0.6) is 0 Å². The van der Waals surface area contributed by atoms with E-state index in [1.807, 2.05) is 0 Å². The van der Waals surface area contributed by atoms with Crippen molar-refractivity contribution in [3.05, 3.63) is 23.1 Å². The fourth-order valence-electron chi connectivity index (χ4n) is 3.84. The molecule has 3 aromatic heterocycles. The number of aliphatic hydroxyl groups excluding tert-OH is 1. The highest BCUT2D eigenvalue weighted by Crippen LogP contribution is 2.42. The molecule has 4 heterocycles. The Morgan fingerprint density at radius 3 is 2.86 bits per heavy atom. The quantitative estimate of drug-likeness (QED) is 0.607. The molecule has 1 aliphatic rings. The van der Waals surface area contributed by atoms with Crippen molar-refractivity contribution < 1.29 is 9.84 Å². The zero-order valence-electron chi connectivity index (χ0n) is 17.0. The predicted molar refractivity (Wildman–Crippen MR) is 114 cm³/mol. The summed E-state index contributed by atoms with van der Waals surface area (Å²) in [4.78, 5) is 15.2. The minimum Gasteiger partial charge on any atom is -0.396 e. The third-order valence-corrected chi connectivity index (χ3v) is 6.22. The van der Waals surface area contributed by atoms with Gasteiger partial charge in [0.1, 0.15) is 17.0 Å². The summed E-state index contributed by atoms with van der Waals surface area (Å²) in [6.07, 6.45) is 4.11. The maximum Gasteiger partial charge on any atom is 0.147 e. The van der Waals surface area contributed by atoms with E-state index in [0.29, 0.717) is 25.5 Å². The van der Waals surface area contributed by atoms with Crippen LogP contribution < -0.4 is 5.32 Å². The molecular formula is C21H28N4O2S. The molecule has 0 saturated heterocycles. The van der Waals surface area contributed by atoms with E-state index in [9.17, 15) is 0 Å². The van der Waals surface area contributed by atoms with Crippen LogP contribution in [0.1, 0.15) is 50.9 Å². The molecule has 4 rings (SSSR count). The van der Waals surface area contributed by atoms with Gasteiger partial charge in [-0.15, -0.1) is 11.3 Å². The molecule has 0 spiro atoms. The lowest BCUT2D eigenvalue weighted by Gasteiger charge is -2.33. The summed E-state index contributed by atoms with van der Waals surface area (Å²) in [5.74, 6) is 1.36. The molecule has 1 aliphatic heterocycles. The maximum atomic E-state index is 9.06. The van der Waals surface area contributed by atoms with Gasteiger partial charge in [0, 0.05) is 36.2 Å². The Hall–Kier alpha value is -1.83. The highest BCUT2D eigenvalue weighted by atomic mass is 32.1. The lowest BCUT2D eigenvalue weighted by molar-refractivity contribution is -0.0402. The molecule has 0 aliphatic carbocycles. The van der Waals surface area contributed by atoms with Crippen LogP contribution in [0.2, 0.25) is 0 Å². The Labute approximate surface area is 169 Å². The van der Waals surface area contributed by atoms with Gasteiger partial charge in [0.2, 0.25) is 0 Å². The zero-order valence-corrected chi connectivity index (χ0v) is 17.8. The number of anilines is 1. The minimum atomic E-state index is -0.195. The fourth-order valence-corrected chi connectivity index (χ4v) is 4.98. The predicted octanol–water partition coefficient (Wildman–Crippen LogP) is 4.08. The molecule has 7 heteroatoms. The van der Waals surface area contributed by atoms with Crippen molar-refractivity contribution in [3.8, 4) is 0 Å². The number of rotatable bonds is 6. The first-order chi connectivity index (χ1) is 13.4. The number of hydrogen-bond acceptors (Lipinski definition) is 7. The lowest BCUT2D eigenvalue weighted by atomic mass is 9.88. The van der Waals surface area contributed by atoms with Crippen LogP contribution in [0, 0.1) is 5.92 Å². The van der Waals surface area contributed by atoms with Gasteiger partial charge in [-0.1, -0.05) is 13.8 Å². The number of nitrogens with one attached hydrogen (secondary N) is 1. The fraction of sp³-hybridized carbons (Fsp3) is 0.571. The average Bonchev–Trinajstić information content (AvgIpc) is 3.00. The SMILES string of the molecule is CC(C)Cc1nc2sc3c(NCCCO)ncnc3c2c2c1COC(C)(C)C2. The van der Waals surface area contributed by atoms with E-state index >= 15 is 0 Å². The van der Waals surface area contributed by atoms with Crippen molar-refractivity contribution in [1.29, 1.82) is 0 Å². The van der Waals surface area contributed by atoms with Gasteiger partial charge in [-0.25, -0.2) is 15.0 Å². The monoisotopic (exact) mass is 400 g/mol. The van der Waals surface area contributed by atoms with Gasteiger partial charge in [0.15, 0.2) is 0 Å². The van der Waals surface area contributed by atoms with Gasteiger partial charge >= 0.3 is 0 Å². The van der Waals surface area contributed by atoms with Gasteiger partial charge in [0.25, 0.3) is 0 Å². The maximum absolute atomic E-state index is 9.06. The van der Waals surface area contributed by atoms with Crippen LogP contribution in [0.4, 0.5) is 5.82 Å². The molecule has 0 atom stereocenters. The number of hydrogen-bond donors (Lipinski definition) is 2. The van der Waals surface area contributed by atoms with Crippen LogP contribution in [0.15, 0.2) is 6.33 Å². The molecule has 6 nitrogen and oxygen atoms in total. The van der Waals surface area contributed by atoms with E-state index in [4.69, 9.17) is 14.8 Å². The van der Waals surface area contributed by atoms with Gasteiger partial charge < -0.3 is 15.2 Å². The minimum absolute atomic E-state index is 0.163. The first-order valence-electron chi connectivity index (χ1n) is 9.96. The normalized spacial score (nSPS) is 16.1. The molecule has 0 radical (unpaired) electrons. The van der Waals surface area contributed by atoms with Crippen LogP contribution in [-0.4, -0.2) is 38.8 Å². The summed E-state index contributed by atoms with van der Waals surface area (Å²) in [6, 6.07) is 0. The molecule has 0 unspecified atom stereocenters. The molecule has 3 aromatic rings. The summed E-state index contributed by atoms with van der Waals surface area (Å²) < 4.78 is 7.17. The van der Waals surface area contributed by atoms with Crippen LogP contribution in [0.3, 0.4) is 0 Å². The molecule has 150 valence electrons. The van der Waals surface area contributed by atoms with Crippen LogP contribution in [0.25, 0.3) is 20.4 Å². The number of pyridine rings is 1. The number of fused-ring (bicyclic) bond motifs is 5. The van der Waals surface area contributed by atoms with Crippen LogP contribution in [-0.2, 0) is 24.2 Å². The summed E-state index contributed by atoms with van der Waals surface area (Å²) in [7, 11) is 0. The number of aliphatic hydroxyl groups is 1. The lowest BCUT2D eigenvalue weighted by Crippen LogP contribution is -2.33. The van der Waals surface area contributed by atoms with E-state index in [1.54, 1.807) is 17.7 Å². The van der Waals surface area contributed by atoms with Crippen molar-refractivity contribution in [2.75, 3.05) is 18.5 Å². The summed E-state index contributed by atoms with van der Waals surface area (Å²) >= 11 is 1.66. The second-order valence-corrected chi connectivity index (χ2v) is 9.52. The van der Waals surface area contributed by atoms with Crippen LogP contribution >= 0.6 is 11.3 Å². The van der Waals surface area contributed by atoms with Crippen molar-refractivity contribution in [2.24, 2.45) is 5.92 Å². The van der Waals surface area contributed by atoms with E-state index in [-0.39, 0.29) is 12.2 Å². The molecule has 2 N–H and O–H groups in total. The summed E-state index contributed by atoms with van der Waals surface area (Å²) in [5, 5.41) is 13.6. The number of aromatic nitrogens is 3. The van der Waals surface area contributed by atoms with E-state index in [2.05, 4.69) is 43.0 Å². The smallest absolute Gasteiger partial charge is 0.147 e. The first-order valence-corrected chi connectivity index (χ1v) is 10.8. The number of ether oxygens (including phenoxy) is 1. The molecule has 0 saturated carbocycles. The van der Waals surface area contributed by atoms with Crippen molar-refractivity contribution in [1.82, 2.24) is 15.0 Å². The Morgan fingerprint density at radius 2 is 2.11 bits per heavy atom. The average molecular weight is 401 g/mol. The Kier molecular flexibility index (Phi) is 5.24. The third-order valence-electron chi connectivity index (χ3n) is 5.14. The van der Waals surface area contributed by atoms with Gasteiger partial charge in [-0.05, 0) is 38.2 Å². The zero-order chi connectivity index (χ0) is 19.9. The Balaban J connectivity index is 1.93. The second-order valence-electron chi connectivity index (χ2n) is 8.52. The van der Waals surface area contributed by atoms with Crippen molar-refractivity contribution >= 4 is 37.6 Å². The molecular weight excluding hydrogens is 372 g/mol. The van der Waals surface area contributed by atoms with E-state index < -0.39 is 0 Å². The molecule has 0 fully saturated rings.